The summed E-state index contributed by atoms with van der Waals surface area (Å²) in [6, 6.07) is 11.1. The van der Waals surface area contributed by atoms with Crippen LogP contribution in [0.15, 0.2) is 77.0 Å². The Labute approximate surface area is 178 Å². The number of nitrogens with one attached hydrogen (secondary N) is 1. The zero-order valence-corrected chi connectivity index (χ0v) is 17.5. The van der Waals surface area contributed by atoms with Crippen LogP contribution in [0.3, 0.4) is 0 Å². The van der Waals surface area contributed by atoms with Crippen LogP contribution >= 0.6 is 11.6 Å². The summed E-state index contributed by atoms with van der Waals surface area (Å²) in [4.78, 5) is 20.8. The topological polar surface area (TPSA) is 93.4 Å². The van der Waals surface area contributed by atoms with Gasteiger partial charge in [-0.25, -0.2) is 18.4 Å². The molecule has 1 N–H and O–H groups in total. The van der Waals surface area contributed by atoms with Gasteiger partial charge in [0.15, 0.2) is 0 Å². The Morgan fingerprint density at radius 2 is 1.87 bits per heavy atom. The lowest BCUT2D eigenvalue weighted by Gasteiger charge is -2.09. The van der Waals surface area contributed by atoms with E-state index in [0.717, 1.165) is 11.1 Å². The van der Waals surface area contributed by atoms with E-state index in [1.807, 2.05) is 0 Å². The van der Waals surface area contributed by atoms with Crippen LogP contribution in [-0.4, -0.2) is 28.7 Å². The fraction of sp³-hybridized carbons (Fsp3) is 0.0952. The van der Waals surface area contributed by atoms with E-state index in [-0.39, 0.29) is 22.2 Å². The minimum Gasteiger partial charge on any atom is -0.348 e. The van der Waals surface area contributed by atoms with E-state index in [1.54, 1.807) is 54.2 Å². The standard InChI is InChI=1S/C21H17ClN4O3S/c1-14-8-17(22)10-19(9-14)30(28,29)18-4-2-15(3-5-18)11-24-20(27)16-12-25-21-23-6-7-26(21)13-16/h2-10,12-13H,11H2,1H3,(H,24,27). The summed E-state index contributed by atoms with van der Waals surface area (Å²) in [5.74, 6) is 0.224. The summed E-state index contributed by atoms with van der Waals surface area (Å²) in [6.45, 7) is 2.04. The number of carbonyl (C=O) groups is 1. The second-order valence-electron chi connectivity index (χ2n) is 6.77. The largest absolute Gasteiger partial charge is 0.348 e. The second-order valence-corrected chi connectivity index (χ2v) is 9.16. The minimum absolute atomic E-state index is 0.149. The first-order valence-electron chi connectivity index (χ1n) is 9.01. The number of aromatic nitrogens is 3. The van der Waals surface area contributed by atoms with Gasteiger partial charge in [0.05, 0.1) is 15.4 Å². The number of halogens is 1. The maximum atomic E-state index is 12.8. The first kappa shape index (κ1) is 20.1. The third kappa shape index (κ3) is 4.05. The molecule has 1 amide bonds. The highest BCUT2D eigenvalue weighted by molar-refractivity contribution is 7.91. The van der Waals surface area contributed by atoms with Crippen molar-refractivity contribution < 1.29 is 13.2 Å². The van der Waals surface area contributed by atoms with Crippen LogP contribution < -0.4 is 5.32 Å². The Bertz CT molecular complexity index is 1330. The van der Waals surface area contributed by atoms with E-state index < -0.39 is 9.84 Å². The van der Waals surface area contributed by atoms with Gasteiger partial charge in [0.2, 0.25) is 15.6 Å². The van der Waals surface area contributed by atoms with Crippen LogP contribution in [0.25, 0.3) is 5.78 Å². The van der Waals surface area contributed by atoms with Gasteiger partial charge in [0, 0.05) is 36.4 Å². The summed E-state index contributed by atoms with van der Waals surface area (Å²) >= 11 is 6.00. The molecule has 152 valence electrons. The molecule has 30 heavy (non-hydrogen) atoms. The van der Waals surface area contributed by atoms with Crippen LogP contribution in [0, 0.1) is 6.92 Å². The fourth-order valence-corrected chi connectivity index (χ4v) is 4.74. The van der Waals surface area contributed by atoms with Crippen LogP contribution in [-0.2, 0) is 16.4 Å². The third-order valence-corrected chi connectivity index (χ3v) is 6.49. The van der Waals surface area contributed by atoms with Crippen LogP contribution in [0.4, 0.5) is 0 Å². The average Bonchev–Trinajstić information content (AvgIpc) is 3.19. The molecule has 4 rings (SSSR count). The lowest BCUT2D eigenvalue weighted by atomic mass is 10.2. The molecule has 0 saturated carbocycles. The molecule has 0 fully saturated rings. The highest BCUT2D eigenvalue weighted by atomic mass is 35.5. The smallest absolute Gasteiger partial charge is 0.254 e. The van der Waals surface area contributed by atoms with E-state index in [4.69, 9.17) is 11.6 Å². The lowest BCUT2D eigenvalue weighted by molar-refractivity contribution is 0.0950. The zero-order valence-electron chi connectivity index (χ0n) is 15.9. The van der Waals surface area contributed by atoms with Gasteiger partial charge in [0.25, 0.3) is 5.91 Å². The van der Waals surface area contributed by atoms with Crippen LogP contribution in [0.5, 0.6) is 0 Å². The highest BCUT2D eigenvalue weighted by Crippen LogP contribution is 2.25. The predicted molar refractivity (Wildman–Crippen MR) is 112 cm³/mol. The van der Waals surface area contributed by atoms with Crippen LogP contribution in [0.2, 0.25) is 5.02 Å². The summed E-state index contributed by atoms with van der Waals surface area (Å²) in [7, 11) is -3.68. The molecule has 0 atom stereocenters. The van der Waals surface area contributed by atoms with E-state index >= 15 is 0 Å². The monoisotopic (exact) mass is 440 g/mol. The van der Waals surface area contributed by atoms with Crippen molar-refractivity contribution in [2.75, 3.05) is 0 Å². The Balaban J connectivity index is 1.47. The third-order valence-electron chi connectivity index (χ3n) is 4.52. The van der Waals surface area contributed by atoms with E-state index in [9.17, 15) is 13.2 Å². The van der Waals surface area contributed by atoms with Crippen molar-refractivity contribution in [2.24, 2.45) is 0 Å². The van der Waals surface area contributed by atoms with Crippen molar-refractivity contribution in [3.63, 3.8) is 0 Å². The molecule has 0 aliphatic carbocycles. The molecule has 0 aliphatic heterocycles. The number of rotatable bonds is 5. The zero-order chi connectivity index (χ0) is 21.3. The van der Waals surface area contributed by atoms with Gasteiger partial charge < -0.3 is 5.32 Å². The first-order chi connectivity index (χ1) is 14.3. The van der Waals surface area contributed by atoms with Crippen molar-refractivity contribution in [2.45, 2.75) is 23.3 Å². The lowest BCUT2D eigenvalue weighted by Crippen LogP contribution is -2.23. The first-order valence-corrected chi connectivity index (χ1v) is 10.9. The molecule has 0 spiro atoms. The number of hydrogen-bond donors (Lipinski definition) is 1. The van der Waals surface area contributed by atoms with Gasteiger partial charge in [-0.3, -0.25) is 9.20 Å². The van der Waals surface area contributed by atoms with Crippen molar-refractivity contribution in [1.82, 2.24) is 19.7 Å². The van der Waals surface area contributed by atoms with Crippen molar-refractivity contribution in [1.29, 1.82) is 0 Å². The van der Waals surface area contributed by atoms with Gasteiger partial charge in [-0.2, -0.15) is 0 Å². The quantitative estimate of drug-likeness (QED) is 0.513. The number of carbonyl (C=O) groups excluding carboxylic acids is 1. The Morgan fingerprint density at radius 1 is 1.10 bits per heavy atom. The molecule has 0 saturated heterocycles. The SMILES string of the molecule is Cc1cc(Cl)cc(S(=O)(=O)c2ccc(CNC(=O)c3cnc4nccn4c3)cc2)c1. The van der Waals surface area contributed by atoms with Gasteiger partial charge in [-0.1, -0.05) is 23.7 Å². The molecule has 9 heteroatoms. The molecule has 0 radical (unpaired) electrons. The number of nitrogens with zero attached hydrogens (tertiary/aromatic N) is 3. The van der Waals surface area contributed by atoms with Gasteiger partial charge in [-0.05, 0) is 48.4 Å². The van der Waals surface area contributed by atoms with Gasteiger partial charge >= 0.3 is 0 Å². The maximum absolute atomic E-state index is 12.8. The average molecular weight is 441 g/mol. The Kier molecular flexibility index (Phi) is 5.27. The van der Waals surface area contributed by atoms with Gasteiger partial charge in [-0.15, -0.1) is 0 Å². The molecule has 0 bridgehead atoms. The summed E-state index contributed by atoms with van der Waals surface area (Å²) in [5.41, 5.74) is 1.93. The molecule has 7 nitrogen and oxygen atoms in total. The molecular formula is C21H17ClN4O3S. The predicted octanol–water partition coefficient (Wildman–Crippen LogP) is 3.45. The second kappa shape index (κ2) is 7.89. The summed E-state index contributed by atoms with van der Waals surface area (Å²) < 4.78 is 27.3. The Morgan fingerprint density at radius 3 is 2.60 bits per heavy atom. The fourth-order valence-electron chi connectivity index (χ4n) is 3.00. The van der Waals surface area contributed by atoms with Crippen LogP contribution in [0.1, 0.15) is 21.5 Å². The minimum atomic E-state index is -3.68. The Hall–Kier alpha value is -3.23. The highest BCUT2D eigenvalue weighted by Gasteiger charge is 2.18. The number of amides is 1. The number of benzene rings is 2. The van der Waals surface area contributed by atoms with Gasteiger partial charge in [0.1, 0.15) is 0 Å². The molecule has 0 aliphatic rings. The molecule has 2 aromatic heterocycles. The van der Waals surface area contributed by atoms with Crippen molar-refractivity contribution in [3.8, 4) is 0 Å². The van der Waals surface area contributed by atoms with E-state index in [1.165, 1.54) is 24.4 Å². The number of imidazole rings is 1. The summed E-state index contributed by atoms with van der Waals surface area (Å²) in [5, 5.41) is 3.17. The molecular weight excluding hydrogens is 424 g/mol. The van der Waals surface area contributed by atoms with E-state index in [0.29, 0.717) is 16.4 Å². The number of aryl methyl sites for hydroxylation is 1. The van der Waals surface area contributed by atoms with Crippen molar-refractivity contribution >= 4 is 33.1 Å². The number of sulfone groups is 1. The van der Waals surface area contributed by atoms with Crippen molar-refractivity contribution in [3.05, 3.63) is 89.0 Å². The molecule has 4 aromatic rings. The molecule has 2 heterocycles. The maximum Gasteiger partial charge on any atom is 0.254 e. The van der Waals surface area contributed by atoms with E-state index in [2.05, 4.69) is 15.3 Å². The molecule has 2 aromatic carbocycles. The normalized spacial score (nSPS) is 11.5. The number of hydrogen-bond acceptors (Lipinski definition) is 5. The summed E-state index contributed by atoms with van der Waals surface area (Å²) in [6.07, 6.45) is 6.41. The number of fused-ring (bicyclic) bond motifs is 1. The molecule has 0 unspecified atom stereocenters.